The molecule has 2 N–H and O–H groups in total. The third-order valence-electron chi connectivity index (χ3n) is 3.44. The van der Waals surface area contributed by atoms with E-state index in [-0.39, 0.29) is 30.5 Å². The molecule has 5 heteroatoms. The number of anilines is 1. The molecule has 1 aliphatic carbocycles. The van der Waals surface area contributed by atoms with Gasteiger partial charge in [-0.05, 0) is 36.6 Å². The topological polar surface area (TPSA) is 77.8 Å². The largest absolute Gasteiger partial charge is 0.478 e. The quantitative estimate of drug-likeness (QED) is 0.841. The molecule has 0 aliphatic heterocycles. The van der Waals surface area contributed by atoms with Crippen molar-refractivity contribution in [3.05, 3.63) is 29.8 Å². The molecule has 2 rings (SSSR count). The second-order valence-electron chi connectivity index (χ2n) is 4.88. The number of carbonyl (C=O) groups is 2. The Bertz CT molecular complexity index is 483. The van der Waals surface area contributed by atoms with Crippen molar-refractivity contribution in [2.75, 3.05) is 18.1 Å². The van der Waals surface area contributed by atoms with Gasteiger partial charge in [0.1, 0.15) is 0 Å². The van der Waals surface area contributed by atoms with E-state index in [0.29, 0.717) is 11.6 Å². The molecular formula is C14H17NO4. The first-order chi connectivity index (χ1) is 9.04. The number of aliphatic hydroxyl groups excluding tert-OH is 1. The van der Waals surface area contributed by atoms with Crippen molar-refractivity contribution in [3.63, 3.8) is 0 Å². The standard InChI is InChI=1S/C14H17NO4/c1-9-8-12(9)13(17)15(6-7-16)11-4-2-10(3-5-11)14(18)19/h2-5,9,12,16H,6-8H2,1H3,(H,18,19). The average molecular weight is 263 g/mol. The van der Waals surface area contributed by atoms with E-state index in [1.54, 1.807) is 12.1 Å². The minimum absolute atomic E-state index is 0.00428. The highest BCUT2D eigenvalue weighted by Gasteiger charge is 2.41. The van der Waals surface area contributed by atoms with Crippen LogP contribution in [-0.2, 0) is 4.79 Å². The van der Waals surface area contributed by atoms with Crippen molar-refractivity contribution >= 4 is 17.6 Å². The number of amides is 1. The lowest BCUT2D eigenvalue weighted by molar-refractivity contribution is -0.120. The van der Waals surface area contributed by atoms with E-state index in [2.05, 4.69) is 0 Å². The summed E-state index contributed by atoms with van der Waals surface area (Å²) in [6.45, 7) is 2.13. The summed E-state index contributed by atoms with van der Waals surface area (Å²) in [5, 5.41) is 17.9. The normalized spacial score (nSPS) is 20.9. The van der Waals surface area contributed by atoms with Crippen LogP contribution < -0.4 is 4.90 Å². The van der Waals surface area contributed by atoms with E-state index >= 15 is 0 Å². The summed E-state index contributed by atoms with van der Waals surface area (Å²) < 4.78 is 0. The fourth-order valence-electron chi connectivity index (χ4n) is 2.12. The number of nitrogens with zero attached hydrogens (tertiary/aromatic N) is 1. The predicted molar refractivity (Wildman–Crippen MR) is 70.1 cm³/mol. The van der Waals surface area contributed by atoms with Crippen molar-refractivity contribution in [2.24, 2.45) is 11.8 Å². The van der Waals surface area contributed by atoms with E-state index in [1.165, 1.54) is 17.0 Å². The molecule has 0 radical (unpaired) electrons. The van der Waals surface area contributed by atoms with Crippen LogP contribution in [0.5, 0.6) is 0 Å². The number of carboxylic acids is 1. The smallest absolute Gasteiger partial charge is 0.335 e. The number of rotatable bonds is 5. The van der Waals surface area contributed by atoms with E-state index in [0.717, 1.165) is 6.42 Å². The van der Waals surface area contributed by atoms with E-state index in [9.17, 15) is 9.59 Å². The Hall–Kier alpha value is -1.88. The number of carbonyl (C=O) groups excluding carboxylic acids is 1. The van der Waals surface area contributed by atoms with Gasteiger partial charge < -0.3 is 15.1 Å². The molecule has 0 heterocycles. The van der Waals surface area contributed by atoms with Crippen molar-refractivity contribution in [1.82, 2.24) is 0 Å². The molecule has 1 amide bonds. The highest BCUT2D eigenvalue weighted by atomic mass is 16.4. The first-order valence-electron chi connectivity index (χ1n) is 6.30. The second kappa shape index (κ2) is 5.40. The van der Waals surface area contributed by atoms with Gasteiger partial charge >= 0.3 is 5.97 Å². The molecule has 19 heavy (non-hydrogen) atoms. The molecule has 5 nitrogen and oxygen atoms in total. The third-order valence-corrected chi connectivity index (χ3v) is 3.44. The number of aromatic carboxylic acids is 1. The van der Waals surface area contributed by atoms with Crippen LogP contribution in [0, 0.1) is 11.8 Å². The molecule has 2 unspecified atom stereocenters. The number of hydrogen-bond acceptors (Lipinski definition) is 3. The Morgan fingerprint density at radius 3 is 2.32 bits per heavy atom. The van der Waals surface area contributed by atoms with Gasteiger partial charge in [0.25, 0.3) is 0 Å². The van der Waals surface area contributed by atoms with Crippen LogP contribution in [0.1, 0.15) is 23.7 Å². The number of benzene rings is 1. The minimum atomic E-state index is -0.998. The van der Waals surface area contributed by atoms with E-state index in [4.69, 9.17) is 10.2 Å². The zero-order chi connectivity index (χ0) is 14.0. The first-order valence-corrected chi connectivity index (χ1v) is 6.30. The van der Waals surface area contributed by atoms with Crippen molar-refractivity contribution in [3.8, 4) is 0 Å². The molecule has 1 aliphatic rings. The molecule has 102 valence electrons. The fraction of sp³-hybridized carbons (Fsp3) is 0.429. The summed E-state index contributed by atoms with van der Waals surface area (Å²) in [5.41, 5.74) is 0.808. The highest BCUT2D eigenvalue weighted by molar-refractivity contribution is 5.97. The van der Waals surface area contributed by atoms with Gasteiger partial charge in [-0.3, -0.25) is 4.79 Å². The maximum absolute atomic E-state index is 12.2. The van der Waals surface area contributed by atoms with Gasteiger partial charge in [0, 0.05) is 18.2 Å². The zero-order valence-corrected chi connectivity index (χ0v) is 10.7. The van der Waals surface area contributed by atoms with Crippen LogP contribution in [-0.4, -0.2) is 35.2 Å². The lowest BCUT2D eigenvalue weighted by Crippen LogP contribution is -2.35. The highest BCUT2D eigenvalue weighted by Crippen LogP contribution is 2.40. The second-order valence-corrected chi connectivity index (χ2v) is 4.88. The Balaban J connectivity index is 2.18. The van der Waals surface area contributed by atoms with Crippen LogP contribution in [0.2, 0.25) is 0 Å². The van der Waals surface area contributed by atoms with Crippen molar-refractivity contribution in [2.45, 2.75) is 13.3 Å². The molecular weight excluding hydrogens is 246 g/mol. The third kappa shape index (κ3) is 2.93. The molecule has 0 bridgehead atoms. The molecule has 0 spiro atoms. The summed E-state index contributed by atoms with van der Waals surface area (Å²) in [7, 11) is 0. The molecule has 2 atom stereocenters. The van der Waals surface area contributed by atoms with Crippen molar-refractivity contribution < 1.29 is 19.8 Å². The number of carboxylic acid groups (broad SMARTS) is 1. The number of hydrogen-bond donors (Lipinski definition) is 2. The average Bonchev–Trinajstić information content (AvgIpc) is 3.12. The van der Waals surface area contributed by atoms with Gasteiger partial charge in [0.05, 0.1) is 12.2 Å². The van der Waals surface area contributed by atoms with Crippen LogP contribution in [0.15, 0.2) is 24.3 Å². The maximum Gasteiger partial charge on any atom is 0.335 e. The summed E-state index contributed by atoms with van der Waals surface area (Å²) >= 11 is 0. The van der Waals surface area contributed by atoms with Gasteiger partial charge in [-0.1, -0.05) is 6.92 Å². The lowest BCUT2D eigenvalue weighted by atomic mass is 10.2. The van der Waals surface area contributed by atoms with Crippen LogP contribution >= 0.6 is 0 Å². The first kappa shape index (κ1) is 13.5. The summed E-state index contributed by atoms with van der Waals surface area (Å²) in [4.78, 5) is 24.5. The molecule has 1 saturated carbocycles. The van der Waals surface area contributed by atoms with Crippen molar-refractivity contribution in [1.29, 1.82) is 0 Å². The lowest BCUT2D eigenvalue weighted by Gasteiger charge is -2.22. The Labute approximate surface area is 111 Å². The Morgan fingerprint density at radius 1 is 1.32 bits per heavy atom. The summed E-state index contributed by atoms with van der Waals surface area (Å²) in [6.07, 6.45) is 0.883. The molecule has 0 aromatic heterocycles. The van der Waals surface area contributed by atoms with Crippen LogP contribution in [0.3, 0.4) is 0 Å². The summed E-state index contributed by atoms with van der Waals surface area (Å²) in [5.74, 6) is -0.565. The van der Waals surface area contributed by atoms with Gasteiger partial charge in [-0.2, -0.15) is 0 Å². The minimum Gasteiger partial charge on any atom is -0.478 e. The summed E-state index contributed by atoms with van der Waals surface area (Å²) in [6, 6.07) is 6.13. The van der Waals surface area contributed by atoms with Gasteiger partial charge in [-0.25, -0.2) is 4.79 Å². The van der Waals surface area contributed by atoms with Gasteiger partial charge in [0.2, 0.25) is 5.91 Å². The Morgan fingerprint density at radius 2 is 1.89 bits per heavy atom. The van der Waals surface area contributed by atoms with Gasteiger partial charge in [-0.15, -0.1) is 0 Å². The zero-order valence-electron chi connectivity index (χ0n) is 10.7. The number of aliphatic hydroxyl groups is 1. The van der Waals surface area contributed by atoms with Crippen LogP contribution in [0.25, 0.3) is 0 Å². The maximum atomic E-state index is 12.2. The van der Waals surface area contributed by atoms with E-state index in [1.807, 2.05) is 6.92 Å². The fourth-order valence-corrected chi connectivity index (χ4v) is 2.12. The molecule has 1 aromatic rings. The molecule has 1 aromatic carbocycles. The van der Waals surface area contributed by atoms with Gasteiger partial charge in [0.15, 0.2) is 0 Å². The Kier molecular flexibility index (Phi) is 3.85. The molecule has 0 saturated heterocycles. The van der Waals surface area contributed by atoms with Crippen LogP contribution in [0.4, 0.5) is 5.69 Å². The monoisotopic (exact) mass is 263 g/mol. The predicted octanol–water partition coefficient (Wildman–Crippen LogP) is 1.37. The molecule has 1 fully saturated rings. The van der Waals surface area contributed by atoms with E-state index < -0.39 is 5.97 Å². The SMILES string of the molecule is CC1CC1C(=O)N(CCO)c1ccc(C(=O)O)cc1.